The highest BCUT2D eigenvalue weighted by Crippen LogP contribution is 2.16. The van der Waals surface area contributed by atoms with Gasteiger partial charge in [0.05, 0.1) is 0 Å². The highest BCUT2D eigenvalue weighted by Gasteiger charge is 2.06. The van der Waals surface area contributed by atoms with Gasteiger partial charge in [0.25, 0.3) is 0 Å². The van der Waals surface area contributed by atoms with Crippen LogP contribution in [0.3, 0.4) is 0 Å². The van der Waals surface area contributed by atoms with Gasteiger partial charge in [-0.2, -0.15) is 0 Å². The first kappa shape index (κ1) is 12.3. The fourth-order valence-electron chi connectivity index (χ4n) is 1.56. The summed E-state index contributed by atoms with van der Waals surface area (Å²) in [5.74, 6) is 0.707. The fourth-order valence-corrected chi connectivity index (χ4v) is 1.56. The van der Waals surface area contributed by atoms with E-state index in [0.717, 1.165) is 6.54 Å². The molecule has 1 aromatic rings. The molecule has 1 aromatic carbocycles. The topological polar surface area (TPSA) is 12.0 Å². The third kappa shape index (κ3) is 3.67. The molecule has 1 atom stereocenters. The minimum absolute atomic E-state index is 0.451. The maximum atomic E-state index is 3.55. The quantitative estimate of drug-likeness (QED) is 0.791. The van der Waals surface area contributed by atoms with Crippen LogP contribution in [0.5, 0.6) is 0 Å². The molecule has 15 heavy (non-hydrogen) atoms. The number of benzene rings is 1. The average molecular weight is 205 g/mol. The van der Waals surface area contributed by atoms with Crippen molar-refractivity contribution in [3.63, 3.8) is 0 Å². The molecule has 0 heterocycles. The van der Waals surface area contributed by atoms with E-state index in [4.69, 9.17) is 0 Å². The summed E-state index contributed by atoms with van der Waals surface area (Å²) >= 11 is 0. The molecular formula is C14H23N. The van der Waals surface area contributed by atoms with E-state index in [1.807, 2.05) is 0 Å². The van der Waals surface area contributed by atoms with Crippen LogP contribution in [0.15, 0.2) is 18.2 Å². The third-order valence-corrected chi connectivity index (χ3v) is 2.86. The molecule has 0 spiro atoms. The Balaban J connectivity index is 2.65. The van der Waals surface area contributed by atoms with Crippen molar-refractivity contribution in [2.45, 2.75) is 40.7 Å². The smallest absolute Gasteiger partial charge is 0.0292 e. The Labute approximate surface area is 93.9 Å². The number of nitrogens with one attached hydrogen (secondary N) is 1. The molecular weight excluding hydrogens is 182 g/mol. The molecule has 0 aliphatic rings. The van der Waals surface area contributed by atoms with E-state index in [-0.39, 0.29) is 0 Å². The molecule has 0 aliphatic carbocycles. The maximum absolute atomic E-state index is 3.55. The van der Waals surface area contributed by atoms with Crippen LogP contribution < -0.4 is 5.32 Å². The van der Waals surface area contributed by atoms with Gasteiger partial charge in [-0.15, -0.1) is 0 Å². The second-order valence-electron chi connectivity index (χ2n) is 4.87. The van der Waals surface area contributed by atoms with Crippen LogP contribution in [-0.4, -0.2) is 6.54 Å². The molecule has 0 aromatic heterocycles. The summed E-state index contributed by atoms with van der Waals surface area (Å²) in [5, 5.41) is 3.55. The number of rotatable bonds is 4. The predicted octanol–water partition coefficient (Wildman–Crippen LogP) is 3.61. The van der Waals surface area contributed by atoms with Crippen molar-refractivity contribution in [1.82, 2.24) is 5.32 Å². The Kier molecular flexibility index (Phi) is 4.34. The number of hydrogen-bond donors (Lipinski definition) is 1. The molecule has 1 heteroatoms. The van der Waals surface area contributed by atoms with Gasteiger partial charge in [0, 0.05) is 6.04 Å². The molecule has 0 radical (unpaired) electrons. The van der Waals surface area contributed by atoms with Crippen LogP contribution >= 0.6 is 0 Å². The van der Waals surface area contributed by atoms with Crippen molar-refractivity contribution in [2.75, 3.05) is 6.54 Å². The average Bonchev–Trinajstić information content (AvgIpc) is 2.18. The normalized spacial score (nSPS) is 13.2. The van der Waals surface area contributed by atoms with Crippen LogP contribution in [0.25, 0.3) is 0 Å². The number of aryl methyl sites for hydroxylation is 2. The lowest BCUT2D eigenvalue weighted by Crippen LogP contribution is -2.23. The summed E-state index contributed by atoms with van der Waals surface area (Å²) in [6.45, 7) is 12.1. The van der Waals surface area contributed by atoms with Crippen LogP contribution in [-0.2, 0) is 0 Å². The van der Waals surface area contributed by atoms with Gasteiger partial charge in [0.2, 0.25) is 0 Å². The summed E-state index contributed by atoms with van der Waals surface area (Å²) in [6.07, 6.45) is 0. The Hall–Kier alpha value is -0.820. The third-order valence-electron chi connectivity index (χ3n) is 2.86. The van der Waals surface area contributed by atoms with Gasteiger partial charge in [0.15, 0.2) is 0 Å². The largest absolute Gasteiger partial charge is 0.310 e. The second-order valence-corrected chi connectivity index (χ2v) is 4.87. The predicted molar refractivity (Wildman–Crippen MR) is 67.2 cm³/mol. The van der Waals surface area contributed by atoms with E-state index in [1.165, 1.54) is 16.7 Å². The second kappa shape index (κ2) is 5.32. The summed E-state index contributed by atoms with van der Waals surface area (Å²) in [7, 11) is 0. The Morgan fingerprint density at radius 1 is 1.07 bits per heavy atom. The molecule has 0 aliphatic heterocycles. The van der Waals surface area contributed by atoms with Crippen molar-refractivity contribution in [2.24, 2.45) is 5.92 Å². The Bertz CT molecular complexity index is 315. The minimum Gasteiger partial charge on any atom is -0.310 e. The monoisotopic (exact) mass is 205 g/mol. The summed E-state index contributed by atoms with van der Waals surface area (Å²) < 4.78 is 0. The standard InChI is InChI=1S/C14H23N/c1-10(2)9-15-13(5)14-7-6-11(3)12(4)8-14/h6-8,10,13,15H,9H2,1-5H3/t13-/m1/s1. The van der Waals surface area contributed by atoms with E-state index >= 15 is 0 Å². The summed E-state index contributed by atoms with van der Waals surface area (Å²) in [5.41, 5.74) is 4.14. The zero-order valence-corrected chi connectivity index (χ0v) is 10.6. The zero-order valence-electron chi connectivity index (χ0n) is 10.6. The van der Waals surface area contributed by atoms with Gasteiger partial charge >= 0.3 is 0 Å². The first-order valence-electron chi connectivity index (χ1n) is 5.81. The SMILES string of the molecule is Cc1ccc([C@@H](C)NCC(C)C)cc1C. The van der Waals surface area contributed by atoms with Crippen molar-refractivity contribution in [3.8, 4) is 0 Å². The molecule has 0 amide bonds. The van der Waals surface area contributed by atoms with Crippen LogP contribution in [0.1, 0.15) is 43.5 Å². The Morgan fingerprint density at radius 2 is 1.73 bits per heavy atom. The summed E-state index contributed by atoms with van der Waals surface area (Å²) in [4.78, 5) is 0. The molecule has 1 N–H and O–H groups in total. The lowest BCUT2D eigenvalue weighted by atomic mass is 10.0. The van der Waals surface area contributed by atoms with Crippen molar-refractivity contribution < 1.29 is 0 Å². The van der Waals surface area contributed by atoms with Crippen LogP contribution in [0.2, 0.25) is 0 Å². The van der Waals surface area contributed by atoms with Crippen molar-refractivity contribution in [3.05, 3.63) is 34.9 Å². The Morgan fingerprint density at radius 3 is 2.27 bits per heavy atom. The lowest BCUT2D eigenvalue weighted by Gasteiger charge is -2.17. The van der Waals surface area contributed by atoms with Gasteiger partial charge in [-0.1, -0.05) is 32.0 Å². The first-order valence-corrected chi connectivity index (χ1v) is 5.81. The van der Waals surface area contributed by atoms with E-state index in [2.05, 4.69) is 58.1 Å². The molecule has 1 nitrogen and oxygen atoms in total. The molecule has 0 saturated heterocycles. The molecule has 0 unspecified atom stereocenters. The van der Waals surface area contributed by atoms with E-state index < -0.39 is 0 Å². The molecule has 0 bridgehead atoms. The minimum atomic E-state index is 0.451. The van der Waals surface area contributed by atoms with Gasteiger partial charge < -0.3 is 5.32 Å². The fraction of sp³-hybridized carbons (Fsp3) is 0.571. The van der Waals surface area contributed by atoms with Gasteiger partial charge in [-0.25, -0.2) is 0 Å². The van der Waals surface area contributed by atoms with Crippen molar-refractivity contribution in [1.29, 1.82) is 0 Å². The molecule has 1 rings (SSSR count). The van der Waals surface area contributed by atoms with Crippen molar-refractivity contribution >= 4 is 0 Å². The number of hydrogen-bond acceptors (Lipinski definition) is 1. The van der Waals surface area contributed by atoms with Gasteiger partial charge in [-0.05, 0) is 49.9 Å². The highest BCUT2D eigenvalue weighted by atomic mass is 14.9. The highest BCUT2D eigenvalue weighted by molar-refractivity contribution is 5.31. The van der Waals surface area contributed by atoms with E-state index in [0.29, 0.717) is 12.0 Å². The van der Waals surface area contributed by atoms with Gasteiger partial charge in [0.1, 0.15) is 0 Å². The van der Waals surface area contributed by atoms with Crippen LogP contribution in [0.4, 0.5) is 0 Å². The van der Waals surface area contributed by atoms with Crippen LogP contribution in [0, 0.1) is 19.8 Å². The first-order chi connectivity index (χ1) is 7.00. The van der Waals surface area contributed by atoms with Gasteiger partial charge in [-0.3, -0.25) is 0 Å². The van der Waals surface area contributed by atoms with E-state index in [9.17, 15) is 0 Å². The van der Waals surface area contributed by atoms with E-state index in [1.54, 1.807) is 0 Å². The summed E-state index contributed by atoms with van der Waals surface area (Å²) in [6, 6.07) is 7.16. The molecule has 0 saturated carbocycles. The zero-order chi connectivity index (χ0) is 11.4. The lowest BCUT2D eigenvalue weighted by molar-refractivity contribution is 0.496. The molecule has 84 valence electrons. The molecule has 0 fully saturated rings. The maximum Gasteiger partial charge on any atom is 0.0292 e.